The number of nitrogen functional groups attached to an aromatic ring is 1. The molecule has 3 heterocycles. The van der Waals surface area contributed by atoms with Crippen LogP contribution in [0.2, 0.25) is 0 Å². The second kappa shape index (κ2) is 15.8. The van der Waals surface area contributed by atoms with Crippen LogP contribution in [0.25, 0.3) is 11.2 Å². The molecule has 0 radical (unpaired) electrons. The number of imidazole rings is 1. The number of carbonyl (C=O) groups excluding carboxylic acids is 1. The number of fused-ring (bicyclic) bond motifs is 1. The van der Waals surface area contributed by atoms with Gasteiger partial charge in [-0.2, -0.15) is 4.98 Å². The van der Waals surface area contributed by atoms with Gasteiger partial charge in [-0.1, -0.05) is 33.6 Å². The maximum atomic E-state index is 16.3. The van der Waals surface area contributed by atoms with E-state index in [1.807, 2.05) is 33.6 Å². The molecule has 0 aromatic carbocycles. The minimum Gasteiger partial charge on any atom is -0.465 e. The average Bonchev–Trinajstić information content (AvgIpc) is 3.49. The number of ether oxygens (including phenoxy) is 3. The topological polar surface area (TPSA) is 225 Å². The van der Waals surface area contributed by atoms with Crippen molar-refractivity contribution in [1.29, 1.82) is 0 Å². The molecule has 0 bridgehead atoms. The zero-order valence-electron chi connectivity index (χ0n) is 26.8. The van der Waals surface area contributed by atoms with Crippen LogP contribution in [0, 0.1) is 24.2 Å². The van der Waals surface area contributed by atoms with Crippen molar-refractivity contribution < 1.29 is 42.7 Å². The number of aliphatic hydroxyl groups is 2. The number of hydrogen-bond donors (Lipinski definition) is 6. The fourth-order valence-corrected chi connectivity index (χ4v) is 6.95. The van der Waals surface area contributed by atoms with Gasteiger partial charge in [-0.05, 0) is 38.5 Å². The first kappa shape index (κ1) is 37.5. The van der Waals surface area contributed by atoms with Crippen molar-refractivity contribution in [1.82, 2.24) is 29.7 Å². The van der Waals surface area contributed by atoms with E-state index in [1.165, 1.54) is 0 Å². The maximum absolute atomic E-state index is 16.3. The number of terminal acetylenes is 1. The molecule has 1 saturated heterocycles. The lowest BCUT2D eigenvalue weighted by atomic mass is 9.97. The van der Waals surface area contributed by atoms with Gasteiger partial charge in [0.25, 0.3) is 5.56 Å². The van der Waals surface area contributed by atoms with Crippen LogP contribution in [0.15, 0.2) is 11.1 Å². The van der Waals surface area contributed by atoms with Gasteiger partial charge in [0.15, 0.2) is 23.7 Å². The van der Waals surface area contributed by atoms with Crippen molar-refractivity contribution in [3.63, 3.8) is 0 Å². The molecular formula is C28H45FN7O9P. The highest BCUT2D eigenvalue weighted by molar-refractivity contribution is 7.54. The number of alkyl halides is 1. The van der Waals surface area contributed by atoms with E-state index in [0.29, 0.717) is 0 Å². The second-order valence-corrected chi connectivity index (χ2v) is 13.7. The van der Waals surface area contributed by atoms with Gasteiger partial charge in [-0.25, -0.2) is 19.5 Å². The summed E-state index contributed by atoms with van der Waals surface area (Å²) in [6.45, 7) is 10.3. The number of nitrogens with zero attached hydrogens (tertiary/aromatic N) is 3. The first-order chi connectivity index (χ1) is 21.6. The number of aliphatic hydroxyl groups excluding tert-OH is 2. The molecule has 3 rings (SSSR count). The lowest BCUT2D eigenvalue weighted by Gasteiger charge is -2.32. The van der Waals surface area contributed by atoms with Crippen LogP contribution in [0.3, 0.4) is 0 Å². The molecule has 2 aromatic rings. The Hall–Kier alpha value is -2.94. The molecule has 1 aliphatic heterocycles. The summed E-state index contributed by atoms with van der Waals surface area (Å²) in [4.78, 5) is 35.4. The minimum absolute atomic E-state index is 0.000915. The van der Waals surface area contributed by atoms with Gasteiger partial charge in [0.05, 0.1) is 25.6 Å². The predicted octanol–water partition coefficient (Wildman–Crippen LogP) is 1.35. The second-order valence-electron chi connectivity index (χ2n) is 11.8. The predicted molar refractivity (Wildman–Crippen MR) is 166 cm³/mol. The summed E-state index contributed by atoms with van der Waals surface area (Å²) >= 11 is 0. The molecular weight excluding hydrogens is 628 g/mol. The van der Waals surface area contributed by atoms with E-state index in [-0.39, 0.29) is 55.0 Å². The van der Waals surface area contributed by atoms with E-state index in [9.17, 15) is 24.4 Å². The van der Waals surface area contributed by atoms with Crippen molar-refractivity contribution in [2.24, 2.45) is 11.8 Å². The summed E-state index contributed by atoms with van der Waals surface area (Å²) in [6.07, 6.45) is 0.370. The van der Waals surface area contributed by atoms with Crippen molar-refractivity contribution in [3.05, 3.63) is 16.7 Å². The Morgan fingerprint density at radius 3 is 2.54 bits per heavy atom. The quantitative estimate of drug-likeness (QED) is 0.0604. The maximum Gasteiger partial charge on any atom is 0.342 e. The van der Waals surface area contributed by atoms with Gasteiger partial charge in [-0.3, -0.25) is 23.7 Å². The first-order valence-electron chi connectivity index (χ1n) is 15.1. The van der Waals surface area contributed by atoms with E-state index >= 15 is 4.39 Å². The van der Waals surface area contributed by atoms with Crippen LogP contribution in [0.5, 0.6) is 0 Å². The summed E-state index contributed by atoms with van der Waals surface area (Å²) in [7, 11) is -4.36. The Labute approximate surface area is 266 Å². The molecule has 0 amide bonds. The molecule has 18 heteroatoms. The molecule has 16 nitrogen and oxygen atoms in total. The molecule has 1 aliphatic rings. The number of esters is 1. The Bertz CT molecular complexity index is 1480. The molecule has 1 fully saturated rings. The molecule has 0 saturated carbocycles. The van der Waals surface area contributed by atoms with E-state index in [4.69, 9.17) is 30.9 Å². The van der Waals surface area contributed by atoms with Gasteiger partial charge in [0, 0.05) is 6.61 Å². The van der Waals surface area contributed by atoms with Crippen molar-refractivity contribution in [2.45, 2.75) is 96.9 Å². The van der Waals surface area contributed by atoms with Crippen LogP contribution in [0.4, 0.5) is 10.3 Å². The third kappa shape index (κ3) is 8.69. The Balaban J connectivity index is 1.97. The molecule has 2 aromatic heterocycles. The lowest BCUT2D eigenvalue weighted by molar-refractivity contribution is -0.145. The van der Waals surface area contributed by atoms with E-state index < -0.39 is 68.3 Å². The highest BCUT2D eigenvalue weighted by Gasteiger charge is 2.58. The number of halogens is 1. The summed E-state index contributed by atoms with van der Waals surface area (Å²) in [6, 6.07) is -2.05. The number of H-pyrrole nitrogens is 1. The summed E-state index contributed by atoms with van der Waals surface area (Å²) in [5, 5.41) is 27.3. The number of aromatic nitrogens is 4. The Kier molecular flexibility index (Phi) is 12.9. The van der Waals surface area contributed by atoms with E-state index in [2.05, 4.69) is 25.1 Å². The monoisotopic (exact) mass is 673 g/mol. The number of nitrogens with two attached hydrogens (primary N) is 1. The molecule has 0 spiro atoms. The fourth-order valence-electron chi connectivity index (χ4n) is 5.08. The summed E-state index contributed by atoms with van der Waals surface area (Å²) < 4.78 is 54.0. The largest absolute Gasteiger partial charge is 0.465 e. The SMILES string of the molecule is C#CC1(F)C(O)C(COP(=O)(NC(CC(C)C)C(=O)OCC)NC(CC(C)C)C(O)OCC)OC1n1cnc2c(=O)[nH]c(N)nc21. The van der Waals surface area contributed by atoms with Gasteiger partial charge in [0.2, 0.25) is 11.6 Å². The van der Waals surface area contributed by atoms with Gasteiger partial charge in [0.1, 0.15) is 18.2 Å². The van der Waals surface area contributed by atoms with Gasteiger partial charge >= 0.3 is 13.6 Å². The molecule has 258 valence electrons. The standard InChI is InChI=1S/C28H45FN7O9P/c1-8-28(29)21(37)19(45-26(28)36-14-31-20-22(36)32-27(30)33-23(20)38)13-44-46(41,34-17(11-15(4)5)24(39)42-9-2)35-18(12-16(6)7)25(40)43-10-3/h1,14-19,21,24,26,37,39H,9-13H2,2-7H3,(H2,34,35,41)(H3,30,32,33,38). The zero-order chi connectivity index (χ0) is 34.4. The van der Waals surface area contributed by atoms with Crippen molar-refractivity contribution >= 4 is 30.8 Å². The van der Waals surface area contributed by atoms with Crippen LogP contribution in [0.1, 0.15) is 60.6 Å². The van der Waals surface area contributed by atoms with Crippen LogP contribution in [-0.2, 0) is 28.1 Å². The normalized spacial score (nSPS) is 25.0. The Morgan fingerprint density at radius 1 is 1.28 bits per heavy atom. The highest BCUT2D eigenvalue weighted by atomic mass is 31.2. The third-order valence-electron chi connectivity index (χ3n) is 7.14. The highest BCUT2D eigenvalue weighted by Crippen LogP contribution is 2.46. The molecule has 8 atom stereocenters. The number of carbonyl (C=O) groups is 1. The molecule has 8 unspecified atom stereocenters. The van der Waals surface area contributed by atoms with E-state index in [0.717, 1.165) is 10.9 Å². The molecule has 7 N–H and O–H groups in total. The number of aromatic amines is 1. The zero-order valence-corrected chi connectivity index (χ0v) is 27.7. The van der Waals surface area contributed by atoms with Crippen LogP contribution >= 0.6 is 7.67 Å². The van der Waals surface area contributed by atoms with Gasteiger partial charge in [-0.15, -0.1) is 6.42 Å². The van der Waals surface area contributed by atoms with Crippen molar-refractivity contribution in [2.75, 3.05) is 25.6 Å². The number of rotatable bonds is 17. The molecule has 46 heavy (non-hydrogen) atoms. The fraction of sp³-hybridized carbons (Fsp3) is 0.714. The minimum atomic E-state index is -4.36. The smallest absolute Gasteiger partial charge is 0.342 e. The Morgan fingerprint density at radius 2 is 1.96 bits per heavy atom. The number of nitrogens with one attached hydrogen (secondary N) is 3. The van der Waals surface area contributed by atoms with Crippen LogP contribution in [-0.4, -0.2) is 91.8 Å². The van der Waals surface area contributed by atoms with Crippen molar-refractivity contribution in [3.8, 4) is 12.3 Å². The summed E-state index contributed by atoms with van der Waals surface area (Å²) in [5.74, 6) is 0.911. The van der Waals surface area contributed by atoms with Crippen LogP contribution < -0.4 is 21.5 Å². The van der Waals surface area contributed by atoms with Gasteiger partial charge < -0.3 is 34.7 Å². The first-order valence-corrected chi connectivity index (χ1v) is 16.7. The number of anilines is 1. The summed E-state index contributed by atoms with van der Waals surface area (Å²) in [5.41, 5.74) is 1.76. The third-order valence-corrected chi connectivity index (χ3v) is 8.97. The molecule has 0 aliphatic carbocycles. The number of hydrogen-bond acceptors (Lipinski definition) is 12. The van der Waals surface area contributed by atoms with E-state index in [1.54, 1.807) is 13.8 Å². The lowest BCUT2D eigenvalue weighted by Crippen LogP contribution is -2.47. The average molecular weight is 674 g/mol.